The van der Waals surface area contributed by atoms with Crippen molar-refractivity contribution in [2.24, 2.45) is 23.2 Å². The summed E-state index contributed by atoms with van der Waals surface area (Å²) in [6.07, 6.45) is 2.06. The van der Waals surface area contributed by atoms with Crippen molar-refractivity contribution in [2.45, 2.75) is 53.1 Å². The van der Waals surface area contributed by atoms with Gasteiger partial charge in [0.15, 0.2) is 12.2 Å². The van der Waals surface area contributed by atoms with E-state index in [0.717, 1.165) is 11.1 Å². The van der Waals surface area contributed by atoms with Gasteiger partial charge in [0.2, 0.25) is 0 Å². The molecule has 1 heterocycles. The van der Waals surface area contributed by atoms with Gasteiger partial charge in [-0.1, -0.05) is 20.8 Å². The number of esters is 1. The molecule has 1 aromatic rings. The highest BCUT2D eigenvalue weighted by molar-refractivity contribution is 9.10. The minimum Gasteiger partial charge on any atom is -0.465 e. The summed E-state index contributed by atoms with van der Waals surface area (Å²) < 4.78 is 5.57. The molecule has 3 saturated carbocycles. The standard InChI is InChI=1S/C18H25BrN4O5/c1-5-28-13(24)8-22-17(25)14(19)15(16(21-22)23(26)27)20-12-7-10-6-11(9(12)2)18(10,3)4/h9-12,20H,5-8H2,1-4H3/t9-,10-,11+,12-/m1/s1. The third-order valence-corrected chi connectivity index (χ3v) is 7.26. The van der Waals surface area contributed by atoms with E-state index in [-0.39, 0.29) is 28.2 Å². The third-order valence-electron chi connectivity index (χ3n) is 6.52. The van der Waals surface area contributed by atoms with E-state index in [1.165, 1.54) is 6.42 Å². The normalized spacial score (nSPS) is 27.6. The van der Waals surface area contributed by atoms with Crippen LogP contribution < -0.4 is 10.9 Å². The van der Waals surface area contributed by atoms with Gasteiger partial charge in [0.05, 0.1) is 11.7 Å². The van der Waals surface area contributed by atoms with Crippen LogP contribution in [0.25, 0.3) is 0 Å². The zero-order chi connectivity index (χ0) is 20.8. The van der Waals surface area contributed by atoms with Gasteiger partial charge in [-0.05, 0) is 63.8 Å². The Morgan fingerprint density at radius 1 is 1.46 bits per heavy atom. The number of hydrogen-bond acceptors (Lipinski definition) is 7. The maximum atomic E-state index is 12.6. The fourth-order valence-corrected chi connectivity index (χ4v) is 5.24. The number of hydrogen-bond donors (Lipinski definition) is 1. The number of nitrogens with zero attached hydrogens (tertiary/aromatic N) is 3. The Morgan fingerprint density at radius 3 is 2.68 bits per heavy atom. The number of nitro groups is 1. The number of aromatic nitrogens is 2. The van der Waals surface area contributed by atoms with Crippen molar-refractivity contribution in [3.8, 4) is 0 Å². The summed E-state index contributed by atoms with van der Waals surface area (Å²) in [5.41, 5.74) is -0.261. The topological polar surface area (TPSA) is 116 Å². The highest BCUT2D eigenvalue weighted by Gasteiger charge is 2.56. The molecule has 0 unspecified atom stereocenters. The van der Waals surface area contributed by atoms with E-state index in [0.29, 0.717) is 17.8 Å². The van der Waals surface area contributed by atoms with Crippen LogP contribution in [0.5, 0.6) is 0 Å². The molecule has 0 amide bonds. The van der Waals surface area contributed by atoms with Gasteiger partial charge >= 0.3 is 17.3 Å². The van der Waals surface area contributed by atoms with Crippen LogP contribution in [0.15, 0.2) is 9.27 Å². The summed E-state index contributed by atoms with van der Waals surface area (Å²) in [6.45, 7) is 7.99. The van der Waals surface area contributed by atoms with Gasteiger partial charge in [0.25, 0.3) is 0 Å². The predicted molar refractivity (Wildman–Crippen MR) is 106 cm³/mol. The van der Waals surface area contributed by atoms with E-state index in [9.17, 15) is 19.7 Å². The van der Waals surface area contributed by atoms with Crippen LogP contribution >= 0.6 is 15.9 Å². The molecule has 3 fully saturated rings. The van der Waals surface area contributed by atoms with Gasteiger partial charge in [-0.15, -0.1) is 4.68 Å². The van der Waals surface area contributed by atoms with Gasteiger partial charge < -0.3 is 20.2 Å². The zero-order valence-electron chi connectivity index (χ0n) is 16.4. The van der Waals surface area contributed by atoms with Crippen LogP contribution in [-0.4, -0.2) is 33.3 Å². The number of anilines is 1. The Labute approximate surface area is 171 Å². The van der Waals surface area contributed by atoms with E-state index in [1.807, 2.05) is 0 Å². The van der Waals surface area contributed by atoms with E-state index in [4.69, 9.17) is 4.74 Å². The van der Waals surface area contributed by atoms with Crippen molar-refractivity contribution < 1.29 is 14.5 Å². The summed E-state index contributed by atoms with van der Waals surface area (Å²) in [7, 11) is 0. The fraction of sp³-hybridized carbons (Fsp3) is 0.722. The van der Waals surface area contributed by atoms with Crippen LogP contribution in [-0.2, 0) is 16.1 Å². The minimum absolute atomic E-state index is 0.00389. The molecule has 0 spiro atoms. The van der Waals surface area contributed by atoms with E-state index in [2.05, 4.69) is 47.1 Å². The van der Waals surface area contributed by atoms with Crippen LogP contribution in [0.1, 0.15) is 40.5 Å². The van der Waals surface area contributed by atoms with Crippen molar-refractivity contribution in [3.63, 3.8) is 0 Å². The van der Waals surface area contributed by atoms with Crippen LogP contribution in [0.2, 0.25) is 0 Å². The molecular weight excluding hydrogens is 432 g/mol. The number of nitrogens with one attached hydrogen (secondary N) is 1. The smallest absolute Gasteiger partial charge is 0.413 e. The molecule has 0 saturated heterocycles. The van der Waals surface area contributed by atoms with Gasteiger partial charge in [-0.25, -0.2) is 4.79 Å². The van der Waals surface area contributed by atoms with Crippen LogP contribution in [0.4, 0.5) is 11.5 Å². The van der Waals surface area contributed by atoms with Gasteiger partial charge in [-0.3, -0.25) is 4.79 Å². The third kappa shape index (κ3) is 3.42. The minimum atomic E-state index is -0.678. The molecule has 2 bridgehead atoms. The fourth-order valence-electron chi connectivity index (χ4n) is 4.75. The maximum Gasteiger partial charge on any atom is 0.413 e. The molecule has 1 aromatic heterocycles. The highest BCUT2D eigenvalue weighted by atomic mass is 79.9. The number of halogens is 1. The quantitative estimate of drug-likeness (QED) is 0.397. The molecule has 28 heavy (non-hydrogen) atoms. The van der Waals surface area contributed by atoms with E-state index in [1.54, 1.807) is 6.92 Å². The average Bonchev–Trinajstić information content (AvgIpc) is 2.62. The molecule has 9 nitrogen and oxygen atoms in total. The monoisotopic (exact) mass is 456 g/mol. The van der Waals surface area contributed by atoms with E-state index >= 15 is 0 Å². The Bertz CT molecular complexity index is 868. The molecule has 4 atom stereocenters. The van der Waals surface area contributed by atoms with Gasteiger partial charge in [-0.2, -0.15) is 0 Å². The molecule has 4 rings (SSSR count). The maximum absolute atomic E-state index is 12.6. The number of fused-ring (bicyclic) bond motifs is 2. The summed E-state index contributed by atoms with van der Waals surface area (Å²) >= 11 is 3.18. The SMILES string of the molecule is CCOC(=O)Cn1nc([N+](=O)[O-])c(N[C@@H]2C[C@H]3C[C@@H]([C@H]2C)C3(C)C)c(Br)c1=O. The molecule has 3 aliphatic rings. The lowest BCUT2D eigenvalue weighted by atomic mass is 9.45. The number of carbonyl (C=O) groups is 1. The molecule has 154 valence electrons. The molecular formula is C18H25BrN4O5. The number of rotatable bonds is 6. The van der Waals surface area contributed by atoms with Crippen molar-refractivity contribution in [1.29, 1.82) is 0 Å². The Hall–Kier alpha value is -1.97. The lowest BCUT2D eigenvalue weighted by Gasteiger charge is -2.62. The predicted octanol–water partition coefficient (Wildman–Crippen LogP) is 2.96. The lowest BCUT2D eigenvalue weighted by molar-refractivity contribution is -0.389. The van der Waals surface area contributed by atoms with Crippen molar-refractivity contribution in [3.05, 3.63) is 24.9 Å². The average molecular weight is 457 g/mol. The first-order valence-electron chi connectivity index (χ1n) is 9.45. The second-order valence-electron chi connectivity index (χ2n) is 8.24. The summed E-state index contributed by atoms with van der Waals surface area (Å²) in [5.74, 6) is 0.247. The van der Waals surface area contributed by atoms with Crippen molar-refractivity contribution >= 4 is 33.4 Å². The summed E-state index contributed by atoms with van der Waals surface area (Å²) in [6, 6.07) is 0.0221. The first-order valence-corrected chi connectivity index (χ1v) is 10.2. The van der Waals surface area contributed by atoms with Crippen molar-refractivity contribution in [1.82, 2.24) is 9.78 Å². The first kappa shape index (κ1) is 20.8. The largest absolute Gasteiger partial charge is 0.465 e. The van der Waals surface area contributed by atoms with E-state index < -0.39 is 28.8 Å². The van der Waals surface area contributed by atoms with Crippen molar-refractivity contribution in [2.75, 3.05) is 11.9 Å². The lowest BCUT2D eigenvalue weighted by Crippen LogP contribution is -2.58. The Morgan fingerprint density at radius 2 is 2.14 bits per heavy atom. The summed E-state index contributed by atoms with van der Waals surface area (Å²) in [5, 5.41) is 18.6. The molecule has 1 N–H and O–H groups in total. The molecule has 0 radical (unpaired) electrons. The molecule has 3 aliphatic carbocycles. The highest BCUT2D eigenvalue weighted by Crippen LogP contribution is 2.61. The van der Waals surface area contributed by atoms with Gasteiger partial charge in [0.1, 0.15) is 4.47 Å². The Balaban J connectivity index is 1.91. The van der Waals surface area contributed by atoms with Crippen LogP contribution in [0.3, 0.4) is 0 Å². The second-order valence-corrected chi connectivity index (χ2v) is 9.04. The second kappa shape index (κ2) is 7.46. The number of ether oxygens (including phenoxy) is 1. The first-order chi connectivity index (χ1) is 13.1. The zero-order valence-corrected chi connectivity index (χ0v) is 18.0. The van der Waals surface area contributed by atoms with Gasteiger partial charge in [0, 0.05) is 6.04 Å². The molecule has 0 aliphatic heterocycles. The van der Waals surface area contributed by atoms with Crippen LogP contribution in [0, 0.1) is 33.3 Å². The number of carbonyl (C=O) groups excluding carboxylic acids is 1. The Kier molecular flexibility index (Phi) is 5.53. The molecule has 10 heteroatoms. The molecule has 0 aromatic carbocycles. The summed E-state index contributed by atoms with van der Waals surface area (Å²) in [4.78, 5) is 35.2.